The predicted molar refractivity (Wildman–Crippen MR) is 139 cm³/mol. The normalized spacial score (nSPS) is 15.4. The van der Waals surface area contributed by atoms with E-state index in [0.29, 0.717) is 17.3 Å². The summed E-state index contributed by atoms with van der Waals surface area (Å²) in [5.41, 5.74) is 3.43. The minimum Gasteiger partial charge on any atom is -0.324 e. The number of aromatic amines is 1. The summed E-state index contributed by atoms with van der Waals surface area (Å²) in [5, 5.41) is 12.7. The lowest BCUT2D eigenvalue weighted by Crippen LogP contribution is -2.34. The van der Waals surface area contributed by atoms with Crippen molar-refractivity contribution >= 4 is 45.9 Å². The quantitative estimate of drug-likeness (QED) is 0.372. The van der Waals surface area contributed by atoms with Gasteiger partial charge in [-0.15, -0.1) is 0 Å². The topological polar surface area (TPSA) is 103 Å². The lowest BCUT2D eigenvalue weighted by atomic mass is 9.83. The zero-order valence-electron chi connectivity index (χ0n) is 19.4. The largest absolute Gasteiger partial charge is 0.333 e. The van der Waals surface area contributed by atoms with Crippen molar-refractivity contribution in [2.24, 2.45) is 5.92 Å². The van der Waals surface area contributed by atoms with Gasteiger partial charge in [-0.25, -0.2) is 14.3 Å². The Morgan fingerprint density at radius 2 is 1.97 bits per heavy atom. The number of aromatic nitrogens is 4. The van der Waals surface area contributed by atoms with Gasteiger partial charge in [-0.2, -0.15) is 4.98 Å². The van der Waals surface area contributed by atoms with Gasteiger partial charge in [-0.1, -0.05) is 35.3 Å². The Morgan fingerprint density at radius 3 is 2.71 bits per heavy atom. The maximum atomic E-state index is 12.9. The van der Waals surface area contributed by atoms with E-state index in [2.05, 4.69) is 51.4 Å². The molecule has 4 aromatic rings. The minimum atomic E-state index is -0.567. The van der Waals surface area contributed by atoms with E-state index in [1.54, 1.807) is 18.2 Å². The molecule has 5 rings (SSSR count). The molecular weight excluding hydrogens is 485 g/mol. The summed E-state index contributed by atoms with van der Waals surface area (Å²) in [5.74, 6) is 0.977. The van der Waals surface area contributed by atoms with Gasteiger partial charge in [0.05, 0.1) is 21.1 Å². The molecule has 8 nitrogen and oxygen atoms in total. The van der Waals surface area contributed by atoms with Crippen molar-refractivity contribution in [3.8, 4) is 5.69 Å². The van der Waals surface area contributed by atoms with Gasteiger partial charge < -0.3 is 10.2 Å². The highest BCUT2D eigenvalue weighted by Gasteiger charge is 2.20. The van der Waals surface area contributed by atoms with E-state index in [9.17, 15) is 4.79 Å². The highest BCUT2D eigenvalue weighted by Crippen LogP contribution is 2.29. The molecule has 2 heterocycles. The smallest absolute Gasteiger partial charge is 0.324 e. The second-order valence-electron chi connectivity index (χ2n) is 9.12. The molecule has 0 radical (unpaired) electrons. The summed E-state index contributed by atoms with van der Waals surface area (Å²) in [6.07, 6.45) is 4.84. The van der Waals surface area contributed by atoms with Crippen LogP contribution in [0.25, 0.3) is 16.7 Å². The highest BCUT2D eigenvalue weighted by atomic mass is 35.5. The first-order valence-electron chi connectivity index (χ1n) is 11.3. The van der Waals surface area contributed by atoms with Gasteiger partial charge in [0.2, 0.25) is 5.95 Å². The summed E-state index contributed by atoms with van der Waals surface area (Å²) in [6.45, 7) is 1.08. The van der Waals surface area contributed by atoms with Gasteiger partial charge >= 0.3 is 5.69 Å². The van der Waals surface area contributed by atoms with Crippen molar-refractivity contribution in [2.75, 3.05) is 26.0 Å². The van der Waals surface area contributed by atoms with Crippen LogP contribution in [0.4, 0.5) is 11.6 Å². The number of halogens is 2. The monoisotopic (exact) mass is 509 g/mol. The average molecular weight is 510 g/mol. The molecule has 3 N–H and O–H groups in total. The van der Waals surface area contributed by atoms with Crippen LogP contribution in [0.2, 0.25) is 10.0 Å². The van der Waals surface area contributed by atoms with Crippen molar-refractivity contribution < 1.29 is 0 Å². The number of fused-ring (bicyclic) bond motifs is 2. The SMILES string of the molecule is CN(C)C[C@@H]1CCc2ccc(Nc3ncc4c(=N)n(-c5c(Cl)cccc5Cl)c(=O)[nH]c4n3)cc2C1. The molecule has 0 amide bonds. The van der Waals surface area contributed by atoms with Crippen LogP contribution >= 0.6 is 23.2 Å². The van der Waals surface area contributed by atoms with Crippen LogP contribution in [0.1, 0.15) is 17.5 Å². The number of anilines is 2. The maximum Gasteiger partial charge on any atom is 0.333 e. The second kappa shape index (κ2) is 9.45. The summed E-state index contributed by atoms with van der Waals surface area (Å²) in [7, 11) is 4.23. The van der Waals surface area contributed by atoms with Crippen molar-refractivity contribution in [2.45, 2.75) is 19.3 Å². The third kappa shape index (κ3) is 4.69. The van der Waals surface area contributed by atoms with Crippen LogP contribution in [0.3, 0.4) is 0 Å². The van der Waals surface area contributed by atoms with Gasteiger partial charge in [-0.05, 0) is 74.7 Å². The number of H-pyrrole nitrogens is 1. The van der Waals surface area contributed by atoms with Gasteiger partial charge in [0.15, 0.2) is 5.65 Å². The summed E-state index contributed by atoms with van der Waals surface area (Å²) in [6, 6.07) is 11.2. The molecule has 2 aromatic carbocycles. The lowest BCUT2D eigenvalue weighted by Gasteiger charge is -2.27. The molecule has 1 atom stereocenters. The Morgan fingerprint density at radius 1 is 1.20 bits per heavy atom. The first-order valence-corrected chi connectivity index (χ1v) is 12.1. The van der Waals surface area contributed by atoms with Gasteiger partial charge in [-0.3, -0.25) is 10.4 Å². The Balaban J connectivity index is 1.47. The molecule has 0 fully saturated rings. The van der Waals surface area contributed by atoms with Crippen molar-refractivity contribution in [3.63, 3.8) is 0 Å². The Kier molecular flexibility index (Phi) is 6.35. The molecule has 0 saturated heterocycles. The first-order chi connectivity index (χ1) is 16.8. The van der Waals surface area contributed by atoms with E-state index < -0.39 is 5.69 Å². The van der Waals surface area contributed by atoms with Crippen LogP contribution in [0, 0.1) is 11.3 Å². The Labute approximate surface area is 212 Å². The molecule has 0 saturated carbocycles. The van der Waals surface area contributed by atoms with Crippen molar-refractivity contribution in [1.82, 2.24) is 24.4 Å². The third-order valence-electron chi connectivity index (χ3n) is 6.27. The molecule has 10 heteroatoms. The van der Waals surface area contributed by atoms with Gasteiger partial charge in [0.1, 0.15) is 5.49 Å². The number of nitrogens with one attached hydrogen (secondary N) is 3. The number of para-hydroxylation sites is 1. The number of hydrogen-bond donors (Lipinski definition) is 3. The van der Waals surface area contributed by atoms with E-state index in [1.807, 2.05) is 6.07 Å². The van der Waals surface area contributed by atoms with Crippen LogP contribution in [-0.2, 0) is 12.8 Å². The Bertz CT molecular complexity index is 1520. The molecule has 1 aliphatic rings. The maximum absolute atomic E-state index is 12.9. The average Bonchev–Trinajstić information content (AvgIpc) is 2.80. The number of benzene rings is 2. The molecule has 35 heavy (non-hydrogen) atoms. The first kappa shape index (κ1) is 23.5. The second-order valence-corrected chi connectivity index (χ2v) is 9.93. The molecule has 1 aliphatic carbocycles. The van der Waals surface area contributed by atoms with Gasteiger partial charge in [0, 0.05) is 18.4 Å². The predicted octanol–water partition coefficient (Wildman–Crippen LogP) is 4.31. The van der Waals surface area contributed by atoms with Crippen molar-refractivity contribution in [3.05, 3.63) is 79.7 Å². The van der Waals surface area contributed by atoms with E-state index in [0.717, 1.165) is 29.6 Å². The van der Waals surface area contributed by atoms with E-state index >= 15 is 0 Å². The molecule has 0 bridgehead atoms. The fraction of sp³-hybridized carbons (Fsp3) is 0.280. The van der Waals surface area contributed by atoms with Crippen LogP contribution in [-0.4, -0.2) is 45.1 Å². The molecule has 0 unspecified atom stereocenters. The number of nitrogens with zero attached hydrogens (tertiary/aromatic N) is 4. The third-order valence-corrected chi connectivity index (χ3v) is 6.88. The lowest BCUT2D eigenvalue weighted by molar-refractivity contribution is 0.303. The van der Waals surface area contributed by atoms with E-state index in [4.69, 9.17) is 28.6 Å². The summed E-state index contributed by atoms with van der Waals surface area (Å²) < 4.78 is 1.12. The molecule has 180 valence electrons. The summed E-state index contributed by atoms with van der Waals surface area (Å²) in [4.78, 5) is 26.7. The van der Waals surface area contributed by atoms with E-state index in [-0.39, 0.29) is 26.9 Å². The molecule has 0 aliphatic heterocycles. The zero-order chi connectivity index (χ0) is 24.7. The van der Waals surface area contributed by atoms with Gasteiger partial charge in [0.25, 0.3) is 0 Å². The van der Waals surface area contributed by atoms with E-state index in [1.165, 1.54) is 23.7 Å². The fourth-order valence-electron chi connectivity index (χ4n) is 4.72. The summed E-state index contributed by atoms with van der Waals surface area (Å²) >= 11 is 12.5. The van der Waals surface area contributed by atoms with Crippen LogP contribution < -0.4 is 16.5 Å². The fourth-order valence-corrected chi connectivity index (χ4v) is 5.28. The zero-order valence-corrected chi connectivity index (χ0v) is 20.9. The number of aryl methyl sites for hydroxylation is 1. The van der Waals surface area contributed by atoms with Crippen molar-refractivity contribution in [1.29, 1.82) is 5.41 Å². The number of hydrogen-bond acceptors (Lipinski definition) is 6. The number of rotatable bonds is 5. The van der Waals surface area contributed by atoms with Crippen LogP contribution in [0.15, 0.2) is 47.4 Å². The molecule has 0 spiro atoms. The standard InChI is InChI=1S/C25H25Cl2N7O/c1-33(2)13-14-6-7-15-8-9-17(11-16(15)10-14)30-24-29-12-18-22(28)34(25(35)32-23(18)31-24)21-19(26)4-3-5-20(21)27/h3-5,8-9,11-12,14,28H,6-7,10,13H2,1-2H3,(H2,29,30,31,32,35)/t14-/m1/s1. The molecule has 2 aromatic heterocycles. The highest BCUT2D eigenvalue weighted by molar-refractivity contribution is 6.37. The van der Waals surface area contributed by atoms with Crippen LogP contribution in [0.5, 0.6) is 0 Å². The Hall–Kier alpha value is -3.20. The molecular formula is C25H25Cl2N7O. The minimum absolute atomic E-state index is 0.106.